The van der Waals surface area contributed by atoms with Crippen molar-refractivity contribution in [2.45, 2.75) is 49.3 Å². The molecule has 32 heavy (non-hydrogen) atoms. The molecule has 0 saturated heterocycles. The maximum absolute atomic E-state index is 14.7. The van der Waals surface area contributed by atoms with Gasteiger partial charge in [0.15, 0.2) is 5.78 Å². The molecule has 0 radical (unpaired) electrons. The molecule has 4 nitrogen and oxygen atoms in total. The molecular weight excluding hydrogens is 468 g/mol. The van der Waals surface area contributed by atoms with E-state index in [1.807, 2.05) is 0 Å². The number of carbonyl (C=O) groups is 2. The Hall–Kier alpha value is -2.10. The zero-order chi connectivity index (χ0) is 23.5. The summed E-state index contributed by atoms with van der Waals surface area (Å²) in [6.45, 7) is 0.141. The normalized spacial score (nSPS) is 16.6. The van der Waals surface area contributed by atoms with Crippen LogP contribution in [0.1, 0.15) is 41.6 Å². The van der Waals surface area contributed by atoms with Crippen molar-refractivity contribution in [1.82, 2.24) is 0 Å². The fourth-order valence-electron chi connectivity index (χ4n) is 3.33. The number of unbranched alkanes of at least 4 members (excludes halogenated alkanes) is 1. The standard InChI is InChI=1S/C22H21ClF4N2O2S/c23-14-6-4-13(5-7-14)11-29-18-9-15(19(30)3-1-2-8-22(25,26)27)16(24)10-20(18)32-12-17(28)21(29)31/h4-7,9-10,17H,1-3,8,11-12,28H2/t17-/m0/s1. The van der Waals surface area contributed by atoms with Crippen molar-refractivity contribution in [3.05, 3.63) is 58.4 Å². The maximum Gasteiger partial charge on any atom is 0.389 e. The van der Waals surface area contributed by atoms with E-state index in [4.69, 9.17) is 17.3 Å². The number of hydrogen-bond acceptors (Lipinski definition) is 4. The molecule has 1 amide bonds. The largest absolute Gasteiger partial charge is 0.389 e. The van der Waals surface area contributed by atoms with Crippen LogP contribution in [0.5, 0.6) is 0 Å². The minimum absolute atomic E-state index is 0.0120. The van der Waals surface area contributed by atoms with Crippen LogP contribution >= 0.6 is 23.4 Å². The van der Waals surface area contributed by atoms with E-state index in [1.54, 1.807) is 24.3 Å². The number of thioether (sulfide) groups is 1. The van der Waals surface area contributed by atoms with Crippen molar-refractivity contribution in [3.8, 4) is 0 Å². The fraction of sp³-hybridized carbons (Fsp3) is 0.364. The number of benzene rings is 2. The Morgan fingerprint density at radius 1 is 1.19 bits per heavy atom. The molecule has 0 unspecified atom stereocenters. The van der Waals surface area contributed by atoms with E-state index in [2.05, 4.69) is 0 Å². The van der Waals surface area contributed by atoms with Gasteiger partial charge in [-0.05, 0) is 42.7 Å². The SMILES string of the molecule is N[C@H]1CSc2cc(F)c(C(=O)CCCCC(F)(F)F)cc2N(Cc2ccc(Cl)cc2)C1=O. The number of Topliss-reactive ketones (excluding diaryl/α,β-unsaturated/α-hetero) is 1. The summed E-state index contributed by atoms with van der Waals surface area (Å²) in [5, 5.41) is 0.532. The number of carbonyl (C=O) groups excluding carboxylic acids is 2. The molecule has 0 fully saturated rings. The Balaban J connectivity index is 1.87. The lowest BCUT2D eigenvalue weighted by atomic mass is 10.0. The summed E-state index contributed by atoms with van der Waals surface area (Å²) in [5.74, 6) is -1.51. The van der Waals surface area contributed by atoms with Crippen LogP contribution in [0, 0.1) is 5.82 Å². The van der Waals surface area contributed by atoms with E-state index in [0.717, 1.165) is 5.56 Å². The second-order valence-electron chi connectivity index (χ2n) is 7.51. The van der Waals surface area contributed by atoms with E-state index in [9.17, 15) is 27.2 Å². The highest BCUT2D eigenvalue weighted by Gasteiger charge is 2.31. The number of fused-ring (bicyclic) bond motifs is 1. The summed E-state index contributed by atoms with van der Waals surface area (Å²) in [5.41, 5.74) is 6.85. The number of anilines is 1. The zero-order valence-corrected chi connectivity index (χ0v) is 18.5. The summed E-state index contributed by atoms with van der Waals surface area (Å²) in [6, 6.07) is 8.51. The van der Waals surface area contributed by atoms with Gasteiger partial charge in [0.05, 0.1) is 23.8 Å². The van der Waals surface area contributed by atoms with Crippen molar-refractivity contribution in [2.75, 3.05) is 10.7 Å². The van der Waals surface area contributed by atoms with E-state index in [1.165, 1.54) is 28.8 Å². The van der Waals surface area contributed by atoms with Crippen LogP contribution in [0.15, 0.2) is 41.3 Å². The molecule has 1 heterocycles. The molecule has 0 saturated carbocycles. The first-order valence-electron chi connectivity index (χ1n) is 9.93. The molecule has 2 N–H and O–H groups in total. The molecule has 2 aromatic rings. The molecule has 1 aliphatic heterocycles. The molecule has 0 aliphatic carbocycles. The lowest BCUT2D eigenvalue weighted by molar-refractivity contribution is -0.135. The van der Waals surface area contributed by atoms with Crippen LogP contribution in [0.25, 0.3) is 0 Å². The van der Waals surface area contributed by atoms with Gasteiger partial charge in [-0.25, -0.2) is 4.39 Å². The third-order valence-corrected chi connectivity index (χ3v) is 6.43. The van der Waals surface area contributed by atoms with Gasteiger partial charge in [-0.2, -0.15) is 13.2 Å². The number of nitrogens with two attached hydrogens (primary N) is 1. The Bertz CT molecular complexity index is 999. The number of halogens is 5. The first-order valence-corrected chi connectivity index (χ1v) is 11.3. The van der Waals surface area contributed by atoms with Gasteiger partial charge in [-0.1, -0.05) is 23.7 Å². The lowest BCUT2D eigenvalue weighted by Crippen LogP contribution is -2.44. The van der Waals surface area contributed by atoms with Crippen LogP contribution < -0.4 is 10.6 Å². The van der Waals surface area contributed by atoms with Gasteiger partial charge in [0.1, 0.15) is 5.82 Å². The summed E-state index contributed by atoms with van der Waals surface area (Å²) in [7, 11) is 0. The number of hydrogen-bond donors (Lipinski definition) is 1. The summed E-state index contributed by atoms with van der Waals surface area (Å²) >= 11 is 7.13. The summed E-state index contributed by atoms with van der Waals surface area (Å²) in [4.78, 5) is 27.3. The van der Waals surface area contributed by atoms with Crippen LogP contribution in [0.3, 0.4) is 0 Å². The average molecular weight is 489 g/mol. The fourth-order valence-corrected chi connectivity index (χ4v) is 4.47. The van der Waals surface area contributed by atoms with Crippen molar-refractivity contribution in [3.63, 3.8) is 0 Å². The predicted octanol–water partition coefficient (Wildman–Crippen LogP) is 5.75. The lowest BCUT2D eigenvalue weighted by Gasteiger charge is -2.25. The van der Waals surface area contributed by atoms with Crippen molar-refractivity contribution in [2.24, 2.45) is 5.73 Å². The number of rotatable bonds is 7. The van der Waals surface area contributed by atoms with E-state index in [-0.39, 0.29) is 43.0 Å². The number of nitrogens with zero attached hydrogens (tertiary/aromatic N) is 1. The van der Waals surface area contributed by atoms with Gasteiger partial charge in [0.2, 0.25) is 5.91 Å². The Labute approximate surface area is 192 Å². The van der Waals surface area contributed by atoms with Gasteiger partial charge < -0.3 is 10.6 Å². The number of ketones is 1. The highest BCUT2D eigenvalue weighted by atomic mass is 35.5. The summed E-state index contributed by atoms with van der Waals surface area (Å²) < 4.78 is 51.6. The highest BCUT2D eigenvalue weighted by Crippen LogP contribution is 2.37. The molecule has 3 rings (SSSR count). The molecule has 0 bridgehead atoms. The molecule has 10 heteroatoms. The van der Waals surface area contributed by atoms with Crippen molar-refractivity contribution in [1.29, 1.82) is 0 Å². The Morgan fingerprint density at radius 3 is 2.53 bits per heavy atom. The highest BCUT2D eigenvalue weighted by molar-refractivity contribution is 7.99. The van der Waals surface area contributed by atoms with E-state index in [0.29, 0.717) is 15.6 Å². The van der Waals surface area contributed by atoms with Gasteiger partial charge in [0, 0.05) is 28.5 Å². The molecular formula is C22H21ClF4N2O2S. The Kier molecular flexibility index (Phi) is 7.84. The van der Waals surface area contributed by atoms with E-state index < -0.39 is 30.2 Å². The monoisotopic (exact) mass is 488 g/mol. The van der Waals surface area contributed by atoms with Crippen LogP contribution in [-0.4, -0.2) is 29.7 Å². The van der Waals surface area contributed by atoms with Gasteiger partial charge in [-0.3, -0.25) is 9.59 Å². The van der Waals surface area contributed by atoms with Crippen LogP contribution in [-0.2, 0) is 11.3 Å². The molecule has 0 spiro atoms. The molecule has 172 valence electrons. The quantitative estimate of drug-likeness (QED) is 0.306. The third kappa shape index (κ3) is 6.24. The molecule has 2 aromatic carbocycles. The topological polar surface area (TPSA) is 63.4 Å². The maximum atomic E-state index is 14.7. The van der Waals surface area contributed by atoms with Crippen LogP contribution in [0.2, 0.25) is 5.02 Å². The zero-order valence-electron chi connectivity index (χ0n) is 16.9. The minimum Gasteiger partial charge on any atom is -0.319 e. The minimum atomic E-state index is -4.29. The van der Waals surface area contributed by atoms with Gasteiger partial charge >= 0.3 is 6.18 Å². The number of amides is 1. The second kappa shape index (κ2) is 10.2. The first-order chi connectivity index (χ1) is 15.0. The van der Waals surface area contributed by atoms with Crippen molar-refractivity contribution >= 4 is 40.7 Å². The second-order valence-corrected chi connectivity index (χ2v) is 9.01. The third-order valence-electron chi connectivity index (χ3n) is 5.01. The number of alkyl halides is 3. The predicted molar refractivity (Wildman–Crippen MR) is 117 cm³/mol. The smallest absolute Gasteiger partial charge is 0.319 e. The molecule has 1 atom stereocenters. The molecule has 0 aromatic heterocycles. The van der Waals surface area contributed by atoms with Crippen molar-refractivity contribution < 1.29 is 27.2 Å². The van der Waals surface area contributed by atoms with E-state index >= 15 is 0 Å². The first kappa shape index (κ1) is 24.5. The summed E-state index contributed by atoms with van der Waals surface area (Å²) in [6.07, 6.45) is -5.74. The van der Waals surface area contributed by atoms with Gasteiger partial charge in [-0.15, -0.1) is 11.8 Å². The average Bonchev–Trinajstić information content (AvgIpc) is 2.83. The molecule has 1 aliphatic rings. The van der Waals surface area contributed by atoms with Gasteiger partial charge in [0.25, 0.3) is 0 Å². The van der Waals surface area contributed by atoms with Crippen LogP contribution in [0.4, 0.5) is 23.2 Å². The Morgan fingerprint density at radius 2 is 1.88 bits per heavy atom.